The number of carbonyl (C=O) groups is 3. The first-order chi connectivity index (χ1) is 16.3. The van der Waals surface area contributed by atoms with E-state index in [1.165, 1.54) is 11.0 Å². The lowest BCUT2D eigenvalue weighted by Crippen LogP contribution is -2.59. The summed E-state index contributed by atoms with van der Waals surface area (Å²) in [5, 5.41) is 10.1. The summed E-state index contributed by atoms with van der Waals surface area (Å²) in [7, 11) is 0. The van der Waals surface area contributed by atoms with Crippen LogP contribution in [0.25, 0.3) is 0 Å². The highest BCUT2D eigenvalue weighted by atomic mass is 16.6. The monoisotopic (exact) mass is 476 g/mol. The van der Waals surface area contributed by atoms with E-state index in [0.717, 1.165) is 12.8 Å². The summed E-state index contributed by atoms with van der Waals surface area (Å²) < 4.78 is 12.1. The van der Waals surface area contributed by atoms with Crippen LogP contribution in [0.5, 0.6) is 0 Å². The van der Waals surface area contributed by atoms with Gasteiger partial charge in [-0.15, -0.1) is 6.58 Å². The number of likely N-dealkylation sites (tertiary alicyclic amines) is 1. The lowest BCUT2D eigenvalue weighted by molar-refractivity contribution is -0.163. The first-order valence-corrected chi connectivity index (χ1v) is 12.6. The number of aliphatic hydroxyl groups excluding tert-OH is 1. The SMILES string of the molecule is C=CCOC(=O)[C@@H]1[C@H]2C(=O)N([C@@H](CC)CO)C(C(=O)N(CC=C)CCCC)C23CC[C@@]1(CC)O3. The van der Waals surface area contributed by atoms with Crippen LogP contribution >= 0.6 is 0 Å². The van der Waals surface area contributed by atoms with Crippen LogP contribution in [0.4, 0.5) is 0 Å². The predicted octanol–water partition coefficient (Wildman–Crippen LogP) is 2.46. The number of aliphatic hydroxyl groups is 1. The van der Waals surface area contributed by atoms with E-state index in [4.69, 9.17) is 9.47 Å². The van der Waals surface area contributed by atoms with Gasteiger partial charge in [0.05, 0.1) is 24.2 Å². The number of hydrogen-bond donors (Lipinski definition) is 1. The molecule has 3 aliphatic heterocycles. The van der Waals surface area contributed by atoms with Gasteiger partial charge >= 0.3 is 5.97 Å². The third-order valence-electron chi connectivity index (χ3n) is 7.97. The molecule has 3 saturated heterocycles. The van der Waals surface area contributed by atoms with Crippen molar-refractivity contribution in [2.75, 3.05) is 26.3 Å². The molecule has 34 heavy (non-hydrogen) atoms. The Morgan fingerprint density at radius 3 is 2.59 bits per heavy atom. The van der Waals surface area contributed by atoms with Crippen molar-refractivity contribution in [3.05, 3.63) is 25.3 Å². The Balaban J connectivity index is 2.11. The highest BCUT2D eigenvalue weighted by Gasteiger charge is 2.79. The van der Waals surface area contributed by atoms with Gasteiger partial charge in [-0.3, -0.25) is 14.4 Å². The number of ether oxygens (including phenoxy) is 2. The lowest BCUT2D eigenvalue weighted by Gasteiger charge is -2.39. The van der Waals surface area contributed by atoms with Crippen molar-refractivity contribution in [2.45, 2.75) is 82.6 Å². The molecule has 3 heterocycles. The summed E-state index contributed by atoms with van der Waals surface area (Å²) >= 11 is 0. The number of rotatable bonds is 13. The number of fused-ring (bicyclic) bond motifs is 1. The number of esters is 1. The maximum absolute atomic E-state index is 14.1. The number of nitrogens with zero attached hydrogens (tertiary/aromatic N) is 2. The fourth-order valence-electron chi connectivity index (χ4n) is 6.30. The number of unbranched alkanes of at least 4 members (excludes halogenated alkanes) is 1. The standard InChI is InChI=1S/C26H40N2O6/c1-6-11-15-27(14-7-2)23(31)21-26-13-12-25(10-5,34-26)20(24(32)33-16-8-3)19(26)22(30)28(21)18(9-4)17-29/h7-8,18-21,29H,2-3,6,9-17H2,1,4-5H3/t18-,19-,20-,21?,25+,26?/m0/s1. The summed E-state index contributed by atoms with van der Waals surface area (Å²) in [6, 6.07) is -1.44. The average Bonchev–Trinajstić information content (AvgIpc) is 3.45. The smallest absolute Gasteiger partial charge is 0.313 e. The van der Waals surface area contributed by atoms with Crippen molar-refractivity contribution in [1.29, 1.82) is 0 Å². The Labute approximate surface area is 202 Å². The first kappa shape index (κ1) is 26.4. The van der Waals surface area contributed by atoms with E-state index < -0.39 is 41.1 Å². The van der Waals surface area contributed by atoms with Gasteiger partial charge in [0.2, 0.25) is 11.8 Å². The van der Waals surface area contributed by atoms with E-state index in [0.29, 0.717) is 38.8 Å². The van der Waals surface area contributed by atoms with E-state index in [1.807, 2.05) is 13.8 Å². The molecule has 2 unspecified atom stereocenters. The minimum absolute atomic E-state index is 0.0491. The Morgan fingerprint density at radius 2 is 2.03 bits per heavy atom. The molecule has 0 aromatic heterocycles. The molecule has 2 bridgehead atoms. The molecule has 8 nitrogen and oxygen atoms in total. The lowest BCUT2D eigenvalue weighted by atomic mass is 9.65. The highest BCUT2D eigenvalue weighted by Crippen LogP contribution is 2.64. The molecule has 190 valence electrons. The molecule has 3 fully saturated rings. The third-order valence-corrected chi connectivity index (χ3v) is 7.97. The second kappa shape index (κ2) is 10.6. The van der Waals surface area contributed by atoms with Crippen LogP contribution in [0.3, 0.4) is 0 Å². The first-order valence-electron chi connectivity index (χ1n) is 12.6. The molecule has 1 N–H and O–H groups in total. The molecule has 6 atom stereocenters. The maximum Gasteiger partial charge on any atom is 0.313 e. The summed E-state index contributed by atoms with van der Waals surface area (Å²) in [6.07, 6.45) is 7.02. The second-order valence-corrected chi connectivity index (χ2v) is 9.67. The van der Waals surface area contributed by atoms with E-state index >= 15 is 0 Å². The van der Waals surface area contributed by atoms with Crippen LogP contribution in [0.15, 0.2) is 25.3 Å². The molecule has 3 aliphatic rings. The summed E-state index contributed by atoms with van der Waals surface area (Å²) in [6.45, 7) is 14.0. The summed E-state index contributed by atoms with van der Waals surface area (Å²) in [4.78, 5) is 44.6. The predicted molar refractivity (Wildman–Crippen MR) is 128 cm³/mol. The number of carbonyl (C=O) groups excluding carboxylic acids is 3. The van der Waals surface area contributed by atoms with Gasteiger partial charge in [-0.05, 0) is 32.1 Å². The second-order valence-electron chi connectivity index (χ2n) is 9.67. The fraction of sp³-hybridized carbons (Fsp3) is 0.731. The van der Waals surface area contributed by atoms with Crippen LogP contribution in [-0.2, 0) is 23.9 Å². The van der Waals surface area contributed by atoms with Gasteiger partial charge in [0.1, 0.15) is 24.2 Å². The number of amides is 2. The van der Waals surface area contributed by atoms with Gasteiger partial charge in [0.25, 0.3) is 0 Å². The molecule has 0 aromatic rings. The molecule has 2 amide bonds. The molecule has 3 rings (SSSR count). The third kappa shape index (κ3) is 3.98. The topological polar surface area (TPSA) is 96.4 Å². The van der Waals surface area contributed by atoms with Crippen LogP contribution in [-0.4, -0.2) is 82.3 Å². The molecule has 0 aliphatic carbocycles. The Bertz CT molecular complexity index is 811. The van der Waals surface area contributed by atoms with Gasteiger partial charge in [-0.2, -0.15) is 0 Å². The Morgan fingerprint density at radius 1 is 1.29 bits per heavy atom. The van der Waals surface area contributed by atoms with Crippen molar-refractivity contribution in [3.63, 3.8) is 0 Å². The summed E-state index contributed by atoms with van der Waals surface area (Å²) in [5.74, 6) is -2.60. The quantitative estimate of drug-likeness (QED) is 0.324. The van der Waals surface area contributed by atoms with E-state index in [9.17, 15) is 19.5 Å². The minimum atomic E-state index is -1.11. The van der Waals surface area contributed by atoms with Crippen LogP contribution in [0.1, 0.15) is 59.3 Å². The van der Waals surface area contributed by atoms with E-state index in [-0.39, 0.29) is 25.0 Å². The van der Waals surface area contributed by atoms with Gasteiger partial charge < -0.3 is 24.4 Å². The van der Waals surface area contributed by atoms with Crippen molar-refractivity contribution in [1.82, 2.24) is 9.80 Å². The van der Waals surface area contributed by atoms with Gasteiger partial charge in [-0.1, -0.05) is 45.9 Å². The van der Waals surface area contributed by atoms with Crippen LogP contribution in [0.2, 0.25) is 0 Å². The van der Waals surface area contributed by atoms with Gasteiger partial charge in [0.15, 0.2) is 0 Å². The largest absolute Gasteiger partial charge is 0.461 e. The molecule has 1 spiro atoms. The molecule has 0 aromatic carbocycles. The minimum Gasteiger partial charge on any atom is -0.461 e. The number of hydrogen-bond acceptors (Lipinski definition) is 6. The van der Waals surface area contributed by atoms with Gasteiger partial charge in [-0.25, -0.2) is 0 Å². The van der Waals surface area contributed by atoms with Gasteiger partial charge in [0, 0.05) is 13.1 Å². The zero-order valence-electron chi connectivity index (χ0n) is 20.8. The van der Waals surface area contributed by atoms with Crippen molar-refractivity contribution < 1.29 is 29.0 Å². The zero-order valence-corrected chi connectivity index (χ0v) is 20.8. The van der Waals surface area contributed by atoms with E-state index in [1.54, 1.807) is 11.0 Å². The summed E-state index contributed by atoms with van der Waals surface area (Å²) in [5.41, 5.74) is -1.95. The normalized spacial score (nSPS) is 32.4. The average molecular weight is 477 g/mol. The van der Waals surface area contributed by atoms with Crippen molar-refractivity contribution in [2.24, 2.45) is 11.8 Å². The fourth-order valence-corrected chi connectivity index (χ4v) is 6.30. The Hall–Kier alpha value is -2.19. The maximum atomic E-state index is 14.1. The molecule has 0 radical (unpaired) electrons. The Kier molecular flexibility index (Phi) is 8.24. The van der Waals surface area contributed by atoms with E-state index in [2.05, 4.69) is 20.1 Å². The highest BCUT2D eigenvalue weighted by molar-refractivity contribution is 5.98. The zero-order chi connectivity index (χ0) is 25.1. The van der Waals surface area contributed by atoms with Crippen molar-refractivity contribution >= 4 is 17.8 Å². The molecular formula is C26H40N2O6. The molecule has 0 saturated carbocycles. The van der Waals surface area contributed by atoms with Crippen LogP contribution in [0, 0.1) is 11.8 Å². The van der Waals surface area contributed by atoms with Crippen LogP contribution < -0.4 is 0 Å². The molecule has 8 heteroatoms. The molecular weight excluding hydrogens is 436 g/mol. The van der Waals surface area contributed by atoms with Crippen molar-refractivity contribution in [3.8, 4) is 0 Å².